The van der Waals surface area contributed by atoms with E-state index in [2.05, 4.69) is 4.98 Å². The maximum absolute atomic E-state index is 13.6. The SMILES string of the molecule is CCC(=O)N1CCC[C@](O)(c2nc(C)c(CCOc3ccccc3F)s2)CC1. The van der Waals surface area contributed by atoms with Gasteiger partial charge in [-0.3, -0.25) is 4.79 Å². The number of likely N-dealkylation sites (tertiary alicyclic amines) is 1. The number of nitrogens with zero attached hydrogens (tertiary/aromatic N) is 2. The van der Waals surface area contributed by atoms with E-state index >= 15 is 0 Å². The fourth-order valence-corrected chi connectivity index (χ4v) is 4.67. The van der Waals surface area contributed by atoms with E-state index in [4.69, 9.17) is 4.74 Å². The summed E-state index contributed by atoms with van der Waals surface area (Å²) in [6.45, 7) is 5.36. The van der Waals surface area contributed by atoms with Gasteiger partial charge in [-0.1, -0.05) is 19.1 Å². The zero-order chi connectivity index (χ0) is 20.1. The number of aryl methyl sites for hydroxylation is 1. The molecule has 1 amide bonds. The Morgan fingerprint density at radius 3 is 2.89 bits per heavy atom. The number of rotatable bonds is 6. The number of hydrogen-bond donors (Lipinski definition) is 1. The highest BCUT2D eigenvalue weighted by atomic mass is 32.1. The Morgan fingerprint density at radius 1 is 1.36 bits per heavy atom. The molecular weight excluding hydrogens is 379 g/mol. The molecule has 1 aromatic heterocycles. The number of thiazole rings is 1. The van der Waals surface area contributed by atoms with Gasteiger partial charge >= 0.3 is 0 Å². The third-order valence-corrected chi connectivity index (χ3v) is 6.59. The molecule has 2 aromatic rings. The molecule has 0 bridgehead atoms. The third-order valence-electron chi connectivity index (χ3n) is 5.18. The van der Waals surface area contributed by atoms with Crippen LogP contribution in [-0.2, 0) is 16.8 Å². The second kappa shape index (κ2) is 9.01. The van der Waals surface area contributed by atoms with Gasteiger partial charge in [-0.25, -0.2) is 9.37 Å². The normalized spacial score (nSPS) is 20.1. The first-order valence-electron chi connectivity index (χ1n) is 9.77. The summed E-state index contributed by atoms with van der Waals surface area (Å²) in [5.74, 6) is 0.00156. The van der Waals surface area contributed by atoms with Gasteiger partial charge in [0.05, 0.1) is 12.3 Å². The molecule has 1 N–H and O–H groups in total. The number of halogens is 1. The van der Waals surface area contributed by atoms with Crippen LogP contribution in [0.4, 0.5) is 4.39 Å². The van der Waals surface area contributed by atoms with Crippen LogP contribution in [0.5, 0.6) is 5.75 Å². The van der Waals surface area contributed by atoms with Crippen LogP contribution in [0.25, 0.3) is 0 Å². The van der Waals surface area contributed by atoms with Crippen LogP contribution in [-0.4, -0.2) is 40.6 Å². The number of aliphatic hydroxyl groups is 1. The van der Waals surface area contributed by atoms with E-state index in [1.807, 2.05) is 18.7 Å². The Kier molecular flexibility index (Phi) is 6.67. The topological polar surface area (TPSA) is 62.7 Å². The predicted molar refractivity (Wildman–Crippen MR) is 107 cm³/mol. The Labute approximate surface area is 169 Å². The van der Waals surface area contributed by atoms with Crippen molar-refractivity contribution in [3.8, 4) is 5.75 Å². The van der Waals surface area contributed by atoms with Crippen molar-refractivity contribution >= 4 is 17.2 Å². The summed E-state index contributed by atoms with van der Waals surface area (Å²) in [4.78, 5) is 19.5. The van der Waals surface area contributed by atoms with Crippen molar-refractivity contribution in [1.82, 2.24) is 9.88 Å². The van der Waals surface area contributed by atoms with Crippen molar-refractivity contribution in [3.63, 3.8) is 0 Å². The number of aromatic nitrogens is 1. The standard InChI is InChI=1S/C21H27FN2O3S/c1-3-19(25)24-12-6-10-21(26,11-13-24)20-23-15(2)18(28-20)9-14-27-17-8-5-4-7-16(17)22/h4-5,7-8,26H,3,6,9-14H2,1-2H3/t21-/m1/s1. The summed E-state index contributed by atoms with van der Waals surface area (Å²) in [5.41, 5.74) is -0.126. The fraction of sp³-hybridized carbons (Fsp3) is 0.524. The molecule has 2 heterocycles. The van der Waals surface area contributed by atoms with E-state index in [0.29, 0.717) is 50.4 Å². The van der Waals surface area contributed by atoms with Gasteiger partial charge < -0.3 is 14.7 Å². The van der Waals surface area contributed by atoms with Crippen molar-refractivity contribution in [3.05, 3.63) is 45.7 Å². The lowest BCUT2D eigenvalue weighted by molar-refractivity contribution is -0.131. The zero-order valence-electron chi connectivity index (χ0n) is 16.4. The van der Waals surface area contributed by atoms with Gasteiger partial charge in [0.1, 0.15) is 10.6 Å². The van der Waals surface area contributed by atoms with Gasteiger partial charge in [0, 0.05) is 37.2 Å². The van der Waals surface area contributed by atoms with E-state index < -0.39 is 5.60 Å². The van der Waals surface area contributed by atoms with Gasteiger partial charge in [0.25, 0.3) is 0 Å². The largest absolute Gasteiger partial charge is 0.490 e. The monoisotopic (exact) mass is 406 g/mol. The maximum atomic E-state index is 13.6. The van der Waals surface area contributed by atoms with Crippen LogP contribution in [0.1, 0.15) is 48.2 Å². The van der Waals surface area contributed by atoms with Crippen molar-refractivity contribution in [1.29, 1.82) is 0 Å². The molecular formula is C21H27FN2O3S. The summed E-state index contributed by atoms with van der Waals surface area (Å²) in [5, 5.41) is 11.9. The van der Waals surface area contributed by atoms with Gasteiger partial charge in [0.15, 0.2) is 11.6 Å². The molecule has 1 atom stereocenters. The number of carbonyl (C=O) groups excluding carboxylic acids is 1. The van der Waals surface area contributed by atoms with Gasteiger partial charge in [-0.05, 0) is 31.9 Å². The number of para-hydroxylation sites is 1. The Morgan fingerprint density at radius 2 is 2.14 bits per heavy atom. The predicted octanol–water partition coefficient (Wildman–Crippen LogP) is 3.82. The van der Waals surface area contributed by atoms with E-state index in [1.54, 1.807) is 18.2 Å². The molecule has 0 saturated carbocycles. The lowest BCUT2D eigenvalue weighted by Gasteiger charge is -2.24. The van der Waals surface area contributed by atoms with E-state index in [-0.39, 0.29) is 17.5 Å². The summed E-state index contributed by atoms with van der Waals surface area (Å²) < 4.78 is 19.2. The molecule has 0 radical (unpaired) electrons. The summed E-state index contributed by atoms with van der Waals surface area (Å²) in [7, 11) is 0. The number of ether oxygens (including phenoxy) is 1. The highest BCUT2D eigenvalue weighted by molar-refractivity contribution is 7.11. The summed E-state index contributed by atoms with van der Waals surface area (Å²) >= 11 is 1.49. The number of benzene rings is 1. The molecule has 1 saturated heterocycles. The molecule has 0 unspecified atom stereocenters. The Balaban J connectivity index is 1.64. The molecule has 152 valence electrons. The molecule has 1 aliphatic heterocycles. The molecule has 0 aliphatic carbocycles. The fourth-order valence-electron chi connectivity index (χ4n) is 3.48. The molecule has 3 rings (SSSR count). The summed E-state index contributed by atoms with van der Waals surface area (Å²) in [6, 6.07) is 6.35. The highest BCUT2D eigenvalue weighted by Crippen LogP contribution is 2.36. The lowest BCUT2D eigenvalue weighted by Crippen LogP contribution is -2.33. The van der Waals surface area contributed by atoms with Gasteiger partial charge in [-0.15, -0.1) is 11.3 Å². The minimum atomic E-state index is -0.997. The van der Waals surface area contributed by atoms with Crippen LogP contribution < -0.4 is 4.74 Å². The highest BCUT2D eigenvalue weighted by Gasteiger charge is 2.36. The van der Waals surface area contributed by atoms with Crippen LogP contribution in [0.15, 0.2) is 24.3 Å². The zero-order valence-corrected chi connectivity index (χ0v) is 17.2. The van der Waals surface area contributed by atoms with Crippen LogP contribution in [0, 0.1) is 12.7 Å². The minimum Gasteiger partial charge on any atom is -0.490 e. The smallest absolute Gasteiger partial charge is 0.222 e. The average molecular weight is 407 g/mol. The molecule has 1 fully saturated rings. The lowest BCUT2D eigenvalue weighted by atomic mass is 9.96. The second-order valence-corrected chi connectivity index (χ2v) is 8.26. The molecule has 1 aliphatic rings. The summed E-state index contributed by atoms with van der Waals surface area (Å²) in [6.07, 6.45) is 2.94. The quantitative estimate of drug-likeness (QED) is 0.792. The number of amides is 1. The first kappa shape index (κ1) is 20.7. The minimum absolute atomic E-state index is 0.130. The maximum Gasteiger partial charge on any atom is 0.222 e. The van der Waals surface area contributed by atoms with Gasteiger partial charge in [-0.2, -0.15) is 0 Å². The number of carbonyl (C=O) groups is 1. The van der Waals surface area contributed by atoms with Crippen molar-refractivity contribution in [2.24, 2.45) is 0 Å². The van der Waals surface area contributed by atoms with E-state index in [1.165, 1.54) is 17.4 Å². The van der Waals surface area contributed by atoms with Crippen LogP contribution >= 0.6 is 11.3 Å². The molecule has 0 spiro atoms. The van der Waals surface area contributed by atoms with Gasteiger partial charge in [0.2, 0.25) is 5.91 Å². The second-order valence-electron chi connectivity index (χ2n) is 7.18. The van der Waals surface area contributed by atoms with E-state index in [9.17, 15) is 14.3 Å². The van der Waals surface area contributed by atoms with Crippen molar-refractivity contribution < 1.29 is 19.0 Å². The molecule has 7 heteroatoms. The average Bonchev–Trinajstić information content (AvgIpc) is 2.94. The molecule has 1 aromatic carbocycles. The molecule has 28 heavy (non-hydrogen) atoms. The molecule has 5 nitrogen and oxygen atoms in total. The van der Waals surface area contributed by atoms with Crippen molar-refractivity contribution in [2.45, 2.75) is 51.6 Å². The first-order valence-corrected chi connectivity index (χ1v) is 10.6. The number of hydrogen-bond acceptors (Lipinski definition) is 5. The van der Waals surface area contributed by atoms with Crippen LogP contribution in [0.2, 0.25) is 0 Å². The van der Waals surface area contributed by atoms with E-state index in [0.717, 1.165) is 17.0 Å². The van der Waals surface area contributed by atoms with Crippen LogP contribution in [0.3, 0.4) is 0 Å². The third kappa shape index (κ3) is 4.70. The first-order chi connectivity index (χ1) is 13.4. The Bertz CT molecular complexity index is 826. The Hall–Kier alpha value is -1.99. The van der Waals surface area contributed by atoms with Crippen molar-refractivity contribution in [2.75, 3.05) is 19.7 Å².